The van der Waals surface area contributed by atoms with Crippen LogP contribution >= 0.6 is 0 Å². The summed E-state index contributed by atoms with van der Waals surface area (Å²) in [6, 6.07) is 7.84. The largest absolute Gasteiger partial charge is 0.352 e. The van der Waals surface area contributed by atoms with Crippen LogP contribution < -0.4 is 5.32 Å². The van der Waals surface area contributed by atoms with Crippen molar-refractivity contribution in [2.75, 3.05) is 6.54 Å². The van der Waals surface area contributed by atoms with E-state index in [1.54, 1.807) is 0 Å². The second kappa shape index (κ2) is 7.49. The molecule has 7 heteroatoms. The van der Waals surface area contributed by atoms with E-state index in [4.69, 9.17) is 5.26 Å². The second-order valence-electron chi connectivity index (χ2n) is 8.61. The maximum absolute atomic E-state index is 13.1. The maximum Gasteiger partial charge on any atom is 0.243 e. The zero-order valence-corrected chi connectivity index (χ0v) is 17.0. The van der Waals surface area contributed by atoms with E-state index in [0.717, 1.165) is 18.8 Å². The van der Waals surface area contributed by atoms with Crippen molar-refractivity contribution in [3.8, 4) is 6.07 Å². The quantitative estimate of drug-likeness (QED) is 0.760. The minimum absolute atomic E-state index is 0.0847. The molecule has 1 N–H and O–H groups in total. The van der Waals surface area contributed by atoms with Gasteiger partial charge in [-0.25, -0.2) is 8.42 Å². The Bertz CT molecular complexity index is 886. The minimum atomic E-state index is -3.76. The van der Waals surface area contributed by atoms with Crippen molar-refractivity contribution in [1.82, 2.24) is 9.62 Å². The van der Waals surface area contributed by atoms with Crippen molar-refractivity contribution in [3.63, 3.8) is 0 Å². The van der Waals surface area contributed by atoms with Gasteiger partial charge in [0.15, 0.2) is 0 Å². The molecule has 0 spiro atoms. The molecule has 3 aliphatic rings. The summed E-state index contributed by atoms with van der Waals surface area (Å²) in [7, 11) is -3.76. The Kier molecular flexibility index (Phi) is 5.19. The van der Waals surface area contributed by atoms with E-state index in [1.807, 2.05) is 6.07 Å². The molecule has 3 saturated carbocycles. The number of nitrogens with zero attached hydrogens (tertiary/aromatic N) is 2. The lowest BCUT2D eigenvalue weighted by Gasteiger charge is -2.29. The predicted octanol–water partition coefficient (Wildman–Crippen LogP) is 2.65. The average Bonchev–Trinajstić information content (AvgIpc) is 3.29. The molecule has 1 aromatic carbocycles. The highest BCUT2D eigenvalue weighted by atomic mass is 32.2. The Labute approximate surface area is 167 Å². The van der Waals surface area contributed by atoms with Gasteiger partial charge in [0.1, 0.15) is 0 Å². The molecule has 2 bridgehead atoms. The SMILES string of the molecule is C[C@H](NC(=O)CN(C1CC1)S(=O)(=O)c1ccc(C#N)cc1)[C@@H]1C[C@H]2CC[C@H]1C2. The van der Waals surface area contributed by atoms with Crippen LogP contribution in [0, 0.1) is 29.1 Å². The molecule has 4 atom stereocenters. The molecule has 1 aromatic rings. The van der Waals surface area contributed by atoms with Crippen LogP contribution in [0.4, 0.5) is 0 Å². The molecule has 3 aliphatic carbocycles. The summed E-state index contributed by atoms with van der Waals surface area (Å²) in [6.07, 6.45) is 6.61. The van der Waals surface area contributed by atoms with Gasteiger partial charge in [0, 0.05) is 12.1 Å². The van der Waals surface area contributed by atoms with Crippen LogP contribution in [0.1, 0.15) is 51.0 Å². The van der Waals surface area contributed by atoms with E-state index in [1.165, 1.54) is 54.3 Å². The third-order valence-corrected chi connectivity index (χ3v) is 8.58. The Morgan fingerprint density at radius 3 is 2.46 bits per heavy atom. The van der Waals surface area contributed by atoms with Crippen LogP contribution in [-0.4, -0.2) is 37.3 Å². The highest BCUT2D eigenvalue weighted by Crippen LogP contribution is 2.49. The van der Waals surface area contributed by atoms with Crippen LogP contribution in [0.5, 0.6) is 0 Å². The van der Waals surface area contributed by atoms with Gasteiger partial charge in [0.2, 0.25) is 15.9 Å². The van der Waals surface area contributed by atoms with Crippen LogP contribution in [0.3, 0.4) is 0 Å². The molecular formula is C21H27N3O3S. The van der Waals surface area contributed by atoms with Gasteiger partial charge >= 0.3 is 0 Å². The number of fused-ring (bicyclic) bond motifs is 2. The summed E-state index contributed by atoms with van der Waals surface area (Å²) in [5, 5.41) is 12.0. The van der Waals surface area contributed by atoms with Crippen molar-refractivity contribution in [1.29, 1.82) is 5.26 Å². The number of hydrogen-bond donors (Lipinski definition) is 1. The normalized spacial score (nSPS) is 27.5. The Hall–Kier alpha value is -1.91. The zero-order chi connectivity index (χ0) is 19.9. The van der Waals surface area contributed by atoms with Crippen molar-refractivity contribution < 1.29 is 13.2 Å². The molecule has 4 rings (SSSR count). The summed E-state index contributed by atoms with van der Waals surface area (Å²) >= 11 is 0. The molecule has 0 heterocycles. The molecule has 28 heavy (non-hydrogen) atoms. The highest BCUT2D eigenvalue weighted by molar-refractivity contribution is 7.89. The number of benzene rings is 1. The monoisotopic (exact) mass is 401 g/mol. The average molecular weight is 402 g/mol. The summed E-state index contributed by atoms with van der Waals surface area (Å²) < 4.78 is 27.4. The molecule has 6 nitrogen and oxygen atoms in total. The van der Waals surface area contributed by atoms with E-state index in [-0.39, 0.29) is 29.4 Å². The molecular weight excluding hydrogens is 374 g/mol. The highest BCUT2D eigenvalue weighted by Gasteiger charge is 2.43. The van der Waals surface area contributed by atoms with Crippen molar-refractivity contribution in [2.24, 2.45) is 17.8 Å². The summed E-state index contributed by atoms with van der Waals surface area (Å²) in [6.45, 7) is 1.91. The number of carbonyl (C=O) groups excluding carboxylic acids is 1. The summed E-state index contributed by atoms with van der Waals surface area (Å²) in [4.78, 5) is 12.8. The number of rotatable bonds is 7. The van der Waals surface area contributed by atoms with Crippen LogP contribution in [0.25, 0.3) is 0 Å². The van der Waals surface area contributed by atoms with Gasteiger partial charge < -0.3 is 5.32 Å². The van der Waals surface area contributed by atoms with Gasteiger partial charge in [-0.15, -0.1) is 0 Å². The standard InChI is InChI=1S/C21H27N3O3S/c1-14(20-11-16-2-5-17(20)10-16)23-21(25)13-24(18-6-7-18)28(26,27)19-8-3-15(12-22)4-9-19/h3-4,8-9,14,16-18,20H,2,5-7,10-11,13H2,1H3,(H,23,25)/t14-,16-,17-,20-/m0/s1. The van der Waals surface area contributed by atoms with Gasteiger partial charge in [-0.05, 0) is 81.0 Å². The fraction of sp³-hybridized carbons (Fsp3) is 0.619. The Balaban J connectivity index is 1.43. The first-order valence-electron chi connectivity index (χ1n) is 10.2. The minimum Gasteiger partial charge on any atom is -0.352 e. The summed E-state index contributed by atoms with van der Waals surface area (Å²) in [5.74, 6) is 1.82. The number of carbonyl (C=O) groups is 1. The van der Waals surface area contributed by atoms with Gasteiger partial charge in [0.05, 0.1) is 23.1 Å². The summed E-state index contributed by atoms with van der Waals surface area (Å²) in [5.41, 5.74) is 0.411. The Morgan fingerprint density at radius 1 is 1.21 bits per heavy atom. The molecule has 0 unspecified atom stereocenters. The lowest BCUT2D eigenvalue weighted by Crippen LogP contribution is -2.47. The molecule has 0 saturated heterocycles. The van der Waals surface area contributed by atoms with Crippen LogP contribution in [-0.2, 0) is 14.8 Å². The van der Waals surface area contributed by atoms with Gasteiger partial charge in [-0.2, -0.15) is 9.57 Å². The number of nitrogens with one attached hydrogen (secondary N) is 1. The number of nitriles is 1. The molecule has 1 amide bonds. The predicted molar refractivity (Wildman–Crippen MR) is 105 cm³/mol. The molecule has 3 fully saturated rings. The first-order chi connectivity index (χ1) is 13.4. The fourth-order valence-corrected chi connectivity index (χ4v) is 6.71. The van der Waals surface area contributed by atoms with Crippen LogP contribution in [0.2, 0.25) is 0 Å². The van der Waals surface area contributed by atoms with Gasteiger partial charge in [0.25, 0.3) is 0 Å². The zero-order valence-electron chi connectivity index (χ0n) is 16.2. The van der Waals surface area contributed by atoms with E-state index >= 15 is 0 Å². The smallest absolute Gasteiger partial charge is 0.243 e. The third-order valence-electron chi connectivity index (χ3n) is 6.67. The maximum atomic E-state index is 13.1. The van der Waals surface area contributed by atoms with Gasteiger partial charge in [-0.1, -0.05) is 6.42 Å². The van der Waals surface area contributed by atoms with E-state index in [0.29, 0.717) is 17.4 Å². The molecule has 0 aromatic heterocycles. The lowest BCUT2D eigenvalue weighted by atomic mass is 9.84. The fourth-order valence-electron chi connectivity index (χ4n) is 5.06. The van der Waals surface area contributed by atoms with Gasteiger partial charge in [-0.3, -0.25) is 4.79 Å². The first kappa shape index (κ1) is 19.4. The van der Waals surface area contributed by atoms with Crippen LogP contribution in [0.15, 0.2) is 29.2 Å². The molecule has 0 radical (unpaired) electrons. The van der Waals surface area contributed by atoms with E-state index in [9.17, 15) is 13.2 Å². The van der Waals surface area contributed by atoms with E-state index in [2.05, 4.69) is 12.2 Å². The van der Waals surface area contributed by atoms with E-state index < -0.39 is 10.0 Å². The number of amides is 1. The van der Waals surface area contributed by atoms with Crippen molar-refractivity contribution >= 4 is 15.9 Å². The van der Waals surface area contributed by atoms with Crippen molar-refractivity contribution in [2.45, 2.75) is 62.4 Å². The molecule has 0 aliphatic heterocycles. The molecule has 150 valence electrons. The topological polar surface area (TPSA) is 90.3 Å². The Morgan fingerprint density at radius 2 is 1.93 bits per heavy atom. The second-order valence-corrected chi connectivity index (χ2v) is 10.5. The van der Waals surface area contributed by atoms with Crippen molar-refractivity contribution in [3.05, 3.63) is 29.8 Å². The number of sulfonamides is 1. The third kappa shape index (κ3) is 3.81. The number of hydrogen-bond acceptors (Lipinski definition) is 4. The lowest BCUT2D eigenvalue weighted by molar-refractivity contribution is -0.122. The first-order valence-corrected chi connectivity index (χ1v) is 11.6.